The summed E-state index contributed by atoms with van der Waals surface area (Å²) < 4.78 is 16.9. The van der Waals surface area contributed by atoms with E-state index in [-0.39, 0.29) is 31.1 Å². The van der Waals surface area contributed by atoms with Crippen LogP contribution in [0.2, 0.25) is 0 Å². The van der Waals surface area contributed by atoms with Crippen LogP contribution in [0.5, 0.6) is 0 Å². The summed E-state index contributed by atoms with van der Waals surface area (Å²) >= 11 is 0. The van der Waals surface area contributed by atoms with Crippen LogP contribution in [0.15, 0.2) is 36.5 Å². The van der Waals surface area contributed by atoms with Gasteiger partial charge in [0, 0.05) is 19.3 Å². The van der Waals surface area contributed by atoms with Crippen molar-refractivity contribution in [2.45, 2.75) is 386 Å². The fourth-order valence-electron chi connectivity index (χ4n) is 10.4. The monoisotopic (exact) mass is 1080 g/mol. The average Bonchev–Trinajstić information content (AvgIpc) is 3.43. The average molecular weight is 1080 g/mol. The van der Waals surface area contributed by atoms with Crippen LogP contribution in [0.3, 0.4) is 0 Å². The number of carbonyl (C=O) groups is 3. The van der Waals surface area contributed by atoms with Gasteiger partial charge < -0.3 is 14.2 Å². The molecule has 0 spiro atoms. The molecule has 452 valence electrons. The summed E-state index contributed by atoms with van der Waals surface area (Å²) in [7, 11) is 0. The van der Waals surface area contributed by atoms with E-state index in [2.05, 4.69) is 57.2 Å². The van der Waals surface area contributed by atoms with Crippen LogP contribution < -0.4 is 0 Å². The first-order chi connectivity index (χ1) is 38.0. The molecule has 0 aromatic carbocycles. The zero-order valence-electron chi connectivity index (χ0n) is 52.0. The molecule has 0 aliphatic heterocycles. The van der Waals surface area contributed by atoms with Crippen LogP contribution in [0, 0.1) is 0 Å². The van der Waals surface area contributed by atoms with Gasteiger partial charge in [0.1, 0.15) is 13.2 Å². The van der Waals surface area contributed by atoms with Gasteiger partial charge in [-0.3, -0.25) is 14.4 Å². The molecule has 0 amide bonds. The van der Waals surface area contributed by atoms with Crippen molar-refractivity contribution in [3.63, 3.8) is 0 Å². The van der Waals surface area contributed by atoms with Crippen molar-refractivity contribution in [1.82, 2.24) is 0 Å². The second-order valence-electron chi connectivity index (χ2n) is 23.4. The van der Waals surface area contributed by atoms with Crippen LogP contribution in [0.1, 0.15) is 380 Å². The minimum Gasteiger partial charge on any atom is -0.462 e. The van der Waals surface area contributed by atoms with Crippen molar-refractivity contribution in [2.24, 2.45) is 0 Å². The van der Waals surface area contributed by atoms with Crippen molar-refractivity contribution in [1.29, 1.82) is 0 Å². The molecule has 0 N–H and O–H groups in total. The molecule has 0 saturated heterocycles. The first-order valence-corrected chi connectivity index (χ1v) is 34.5. The van der Waals surface area contributed by atoms with Crippen LogP contribution in [-0.4, -0.2) is 37.2 Å². The number of unbranched alkanes of at least 4 members (excludes halogenated alkanes) is 47. The lowest BCUT2D eigenvalue weighted by Gasteiger charge is -2.18. The molecule has 6 heteroatoms. The fraction of sp³-hybridized carbons (Fsp3) is 0.873. The lowest BCUT2D eigenvalue weighted by molar-refractivity contribution is -0.167. The Balaban J connectivity index is 4.18. The third-order valence-electron chi connectivity index (χ3n) is 15.6. The summed E-state index contributed by atoms with van der Waals surface area (Å²) in [6, 6.07) is 0. The Morgan fingerprint density at radius 3 is 0.766 bits per heavy atom. The summed E-state index contributed by atoms with van der Waals surface area (Å²) in [5.41, 5.74) is 0. The number of hydrogen-bond donors (Lipinski definition) is 0. The first-order valence-electron chi connectivity index (χ1n) is 34.5. The van der Waals surface area contributed by atoms with Gasteiger partial charge in [0.15, 0.2) is 6.10 Å². The summed E-state index contributed by atoms with van der Waals surface area (Å²) in [6.45, 7) is 6.64. The third-order valence-corrected chi connectivity index (χ3v) is 15.6. The SMILES string of the molecule is CCCC/C=C\C/C=C\CCCCCCCC(=O)OCC(COC(=O)CCCCCCCCCCCCCCCCCCCCCCCCCCCCCCC)OC(=O)CCCCCCC/C=C\CCCCCCCCC. The maximum absolute atomic E-state index is 12.9. The molecule has 0 fully saturated rings. The minimum absolute atomic E-state index is 0.0759. The first kappa shape index (κ1) is 74.6. The molecular weight excluding hydrogens is 949 g/mol. The zero-order valence-corrected chi connectivity index (χ0v) is 52.0. The highest BCUT2D eigenvalue weighted by molar-refractivity contribution is 5.71. The van der Waals surface area contributed by atoms with Crippen molar-refractivity contribution in [3.8, 4) is 0 Å². The van der Waals surface area contributed by atoms with Gasteiger partial charge in [0.2, 0.25) is 0 Å². The number of carbonyl (C=O) groups excluding carboxylic acids is 3. The van der Waals surface area contributed by atoms with Gasteiger partial charge in [0.05, 0.1) is 0 Å². The highest BCUT2D eigenvalue weighted by Gasteiger charge is 2.19. The Kier molecular flexibility index (Phi) is 64.1. The Hall–Kier alpha value is -2.37. The molecule has 0 rings (SSSR count). The Morgan fingerprint density at radius 1 is 0.260 bits per heavy atom. The number of rotatable bonds is 64. The number of ether oxygens (including phenoxy) is 3. The maximum Gasteiger partial charge on any atom is 0.306 e. The van der Waals surface area contributed by atoms with Gasteiger partial charge in [-0.05, 0) is 70.6 Å². The Morgan fingerprint density at radius 2 is 0.481 bits per heavy atom. The molecule has 0 aromatic heterocycles. The topological polar surface area (TPSA) is 78.9 Å². The molecule has 0 radical (unpaired) electrons. The normalized spacial score (nSPS) is 12.2. The number of allylic oxidation sites excluding steroid dienone is 6. The molecule has 0 saturated carbocycles. The van der Waals surface area contributed by atoms with E-state index in [0.717, 1.165) is 83.5 Å². The maximum atomic E-state index is 12.9. The predicted octanol–water partition coefficient (Wildman–Crippen LogP) is 23.6. The van der Waals surface area contributed by atoms with E-state index in [0.29, 0.717) is 19.3 Å². The smallest absolute Gasteiger partial charge is 0.306 e. The van der Waals surface area contributed by atoms with Crippen LogP contribution in [-0.2, 0) is 28.6 Å². The van der Waals surface area contributed by atoms with E-state index in [1.807, 2.05) is 0 Å². The standard InChI is InChI=1S/C71H132O6/c1-4-7-10-13-16-19-22-25-28-30-31-32-33-34-35-36-37-38-39-40-41-42-44-46-49-52-55-58-61-64-70(73)76-67-68(66-75-69(72)63-60-57-54-51-48-45-27-24-21-18-15-12-9-6-3)77-71(74)65-62-59-56-53-50-47-43-29-26-23-20-17-14-11-8-5-2/h15,18,24,27,29,43,68H,4-14,16-17,19-23,25-26,28,30-42,44-67H2,1-3H3/b18-15-,27-24-,43-29-. The molecule has 0 aliphatic rings. The predicted molar refractivity (Wildman–Crippen MR) is 335 cm³/mol. The highest BCUT2D eigenvalue weighted by atomic mass is 16.6. The lowest BCUT2D eigenvalue weighted by Crippen LogP contribution is -2.30. The minimum atomic E-state index is -0.781. The molecule has 77 heavy (non-hydrogen) atoms. The van der Waals surface area contributed by atoms with E-state index < -0.39 is 6.10 Å². The third kappa shape index (κ3) is 64.3. The van der Waals surface area contributed by atoms with Crippen molar-refractivity contribution < 1.29 is 28.6 Å². The Labute approximate surface area is 480 Å². The summed E-state index contributed by atoms with van der Waals surface area (Å²) in [6.07, 6.45) is 81.8. The van der Waals surface area contributed by atoms with Crippen molar-refractivity contribution >= 4 is 17.9 Å². The highest BCUT2D eigenvalue weighted by Crippen LogP contribution is 2.18. The fourth-order valence-corrected chi connectivity index (χ4v) is 10.4. The largest absolute Gasteiger partial charge is 0.462 e. The van der Waals surface area contributed by atoms with E-state index in [1.165, 1.54) is 257 Å². The number of hydrogen-bond acceptors (Lipinski definition) is 6. The second kappa shape index (κ2) is 66.1. The Bertz CT molecular complexity index is 1290. The van der Waals surface area contributed by atoms with Gasteiger partial charge in [0.25, 0.3) is 0 Å². The summed E-state index contributed by atoms with van der Waals surface area (Å²) in [5.74, 6) is -0.875. The van der Waals surface area contributed by atoms with Crippen LogP contribution in [0.25, 0.3) is 0 Å². The van der Waals surface area contributed by atoms with Crippen LogP contribution in [0.4, 0.5) is 0 Å². The van der Waals surface area contributed by atoms with E-state index in [1.54, 1.807) is 0 Å². The van der Waals surface area contributed by atoms with Crippen molar-refractivity contribution in [3.05, 3.63) is 36.5 Å². The van der Waals surface area contributed by atoms with Gasteiger partial charge in [-0.2, -0.15) is 0 Å². The molecule has 0 aromatic rings. The van der Waals surface area contributed by atoms with E-state index >= 15 is 0 Å². The molecule has 0 bridgehead atoms. The van der Waals surface area contributed by atoms with Crippen molar-refractivity contribution in [2.75, 3.05) is 13.2 Å². The second-order valence-corrected chi connectivity index (χ2v) is 23.4. The van der Waals surface area contributed by atoms with Gasteiger partial charge in [-0.25, -0.2) is 0 Å². The van der Waals surface area contributed by atoms with Gasteiger partial charge in [-0.15, -0.1) is 0 Å². The number of esters is 3. The molecular formula is C71H132O6. The summed E-state index contributed by atoms with van der Waals surface area (Å²) in [4.78, 5) is 38.3. The van der Waals surface area contributed by atoms with Gasteiger partial charge >= 0.3 is 17.9 Å². The van der Waals surface area contributed by atoms with E-state index in [9.17, 15) is 14.4 Å². The van der Waals surface area contributed by atoms with E-state index in [4.69, 9.17) is 14.2 Å². The quantitative estimate of drug-likeness (QED) is 0.0261. The molecule has 1 unspecified atom stereocenters. The molecule has 0 aliphatic carbocycles. The zero-order chi connectivity index (χ0) is 55.7. The lowest BCUT2D eigenvalue weighted by atomic mass is 10.0. The van der Waals surface area contributed by atoms with Crippen LogP contribution >= 0.6 is 0 Å². The van der Waals surface area contributed by atoms with Gasteiger partial charge in [-0.1, -0.05) is 327 Å². The molecule has 6 nitrogen and oxygen atoms in total. The summed E-state index contributed by atoms with van der Waals surface area (Å²) in [5, 5.41) is 0. The molecule has 1 atom stereocenters. The molecule has 0 heterocycles.